The number of hydrogen-bond donors (Lipinski definition) is 5. The quantitative estimate of drug-likeness (QED) is 0.0596. The number of nitrogens with zero attached hydrogens (tertiary/aromatic N) is 6. The standard InChI is InChI=1S/C21H13ClF2N2O2.C20H12Cl2N2O2.C20H11ClF2N2O2.C20H12ClFN2O2.C19H14ClN3O2S/c1-11-25-18-10-15(22)14(9-19(18)28-11)12-5-7-13(8-6-12)26-21(27)20-16(23)3-2-4-17(20)24;21-16-4-2-1-3-14(16)20(25)24-13-7-5-12(6-8-13)15-9-19-18(10-17(15)22)23-11-26-19;21-14-9-17-18(27-10-24-17)8-13(14)11-4-6-12(7-5-11)25-20(26)19-15(22)2-1-3-16(19)23;21-16-10-18-19(26-11-23-18)9-15(16)12-5-7-13(8-6-12)24-20(25)14-3-1-2-4-17(14)22;1-10-18(26-9-21-10)19(24)23-13-5-3-12(4-6-13)14-7-17-16(8-15(14)20)22-11(2)25-17/h2-10H,1H3,(H,26,27);1-11H,(H,24,25);1-10H,(H,25,26);1-11H,(H,24,25);3-9H,1-2H3,(H,23,24). The van der Waals surface area contributed by atoms with Gasteiger partial charge in [-0.25, -0.2) is 51.9 Å². The highest BCUT2D eigenvalue weighted by Crippen LogP contribution is 2.40. The fourth-order valence-electron chi connectivity index (χ4n) is 13.7. The van der Waals surface area contributed by atoms with E-state index in [1.165, 1.54) is 60.8 Å². The number of carbonyl (C=O) groups excluding carboxylic acids is 5. The van der Waals surface area contributed by atoms with Gasteiger partial charge in [0, 0.05) is 70.1 Å². The molecule has 5 amide bonds. The third kappa shape index (κ3) is 21.3. The highest BCUT2D eigenvalue weighted by atomic mass is 35.5. The Morgan fingerprint density at radius 3 is 0.902 bits per heavy atom. The van der Waals surface area contributed by atoms with Gasteiger partial charge in [-0.3, -0.25) is 24.0 Å². The van der Waals surface area contributed by atoms with Crippen molar-refractivity contribution >= 4 is 194 Å². The SMILES string of the molecule is Cc1nc2cc(Cl)c(-c3ccc(NC(=O)c4c(F)cccc4F)cc3)cc2o1.Cc1nc2cc(Cl)c(-c3ccc(NC(=O)c4scnc4C)cc3)cc2o1.O=C(Nc1ccc(-c2cc3ocnc3cc2Cl)cc1)c1c(F)cccc1F.O=C(Nc1ccc(-c2cc3ocnc3cc2Cl)cc1)c1ccccc1Cl.O=C(Nc1ccc(-c2cc3ocnc3cc2Cl)cc1)c1ccccc1F. The number of rotatable bonds is 15. The van der Waals surface area contributed by atoms with Gasteiger partial charge in [0.1, 0.15) is 72.7 Å². The van der Waals surface area contributed by atoms with E-state index in [0.717, 1.165) is 91.1 Å². The maximum Gasteiger partial charge on any atom is 0.267 e. The van der Waals surface area contributed by atoms with E-state index in [2.05, 4.69) is 56.5 Å². The maximum atomic E-state index is 13.7. The molecule has 0 aliphatic heterocycles. The average molecular weight is 1920 g/mol. The first-order chi connectivity index (χ1) is 64.2. The van der Waals surface area contributed by atoms with E-state index >= 15 is 0 Å². The molecular formula is C100H62Cl6F5N11O10S. The molecule has 0 spiro atoms. The van der Waals surface area contributed by atoms with Crippen LogP contribution in [0.4, 0.5) is 50.4 Å². The van der Waals surface area contributed by atoms with Crippen LogP contribution >= 0.6 is 80.9 Å². The Kier molecular flexibility index (Phi) is 27.7. The zero-order valence-corrected chi connectivity index (χ0v) is 74.4. The van der Waals surface area contributed by atoms with Crippen molar-refractivity contribution in [1.29, 1.82) is 0 Å². The number of aromatic nitrogens is 6. The zero-order valence-electron chi connectivity index (χ0n) is 69.0. The molecule has 0 aliphatic carbocycles. The van der Waals surface area contributed by atoms with Gasteiger partial charge >= 0.3 is 0 Å². The molecule has 0 saturated heterocycles. The molecule has 6 heterocycles. The number of oxazole rings is 5. The lowest BCUT2D eigenvalue weighted by Crippen LogP contribution is -2.15. The average Bonchev–Trinajstić information content (AvgIpc) is 1.70. The molecule has 0 atom stereocenters. The summed E-state index contributed by atoms with van der Waals surface area (Å²) in [7, 11) is 0. The summed E-state index contributed by atoms with van der Waals surface area (Å²) in [5.41, 5.74) is 19.2. The predicted octanol–water partition coefficient (Wildman–Crippen LogP) is 28.7. The van der Waals surface area contributed by atoms with Crippen LogP contribution in [-0.2, 0) is 0 Å². The molecule has 660 valence electrons. The summed E-state index contributed by atoms with van der Waals surface area (Å²) >= 11 is 39.1. The minimum absolute atomic E-state index is 0.00427. The van der Waals surface area contributed by atoms with Crippen LogP contribution in [0, 0.1) is 49.9 Å². The first-order valence-electron chi connectivity index (χ1n) is 39.8. The second-order valence-electron chi connectivity index (χ2n) is 29.1. The van der Waals surface area contributed by atoms with Crippen LogP contribution in [0.25, 0.3) is 111 Å². The molecule has 133 heavy (non-hydrogen) atoms. The third-order valence-corrected chi connectivity index (χ3v) is 23.1. The molecule has 6 aromatic heterocycles. The van der Waals surface area contributed by atoms with Crippen molar-refractivity contribution in [3.63, 3.8) is 0 Å². The maximum absolute atomic E-state index is 13.7. The number of hydrogen-bond acceptors (Lipinski definition) is 17. The van der Waals surface area contributed by atoms with Crippen molar-refractivity contribution in [3.8, 4) is 55.6 Å². The van der Waals surface area contributed by atoms with Gasteiger partial charge in [0.15, 0.2) is 58.9 Å². The second-order valence-corrected chi connectivity index (χ2v) is 32.4. The van der Waals surface area contributed by atoms with Crippen molar-refractivity contribution in [2.24, 2.45) is 0 Å². The van der Waals surface area contributed by atoms with Crippen molar-refractivity contribution < 1.29 is 68.0 Å². The summed E-state index contributed by atoms with van der Waals surface area (Å²) in [5, 5.41) is 16.5. The van der Waals surface area contributed by atoms with Crippen LogP contribution in [0.15, 0.2) is 314 Å². The number of halogens is 11. The van der Waals surface area contributed by atoms with E-state index in [1.807, 2.05) is 85.8 Å². The number of fused-ring (bicyclic) bond motifs is 5. The highest BCUT2D eigenvalue weighted by Gasteiger charge is 2.23. The van der Waals surface area contributed by atoms with Crippen LogP contribution in [-0.4, -0.2) is 59.4 Å². The van der Waals surface area contributed by atoms with E-state index in [9.17, 15) is 45.9 Å². The molecule has 21 nitrogen and oxygen atoms in total. The largest absolute Gasteiger partial charge is 0.443 e. The number of nitrogens with one attached hydrogen (secondary N) is 5. The monoisotopic (exact) mass is 1910 g/mol. The summed E-state index contributed by atoms with van der Waals surface area (Å²) in [6.45, 7) is 5.37. The normalized spacial score (nSPS) is 10.9. The molecular weight excluding hydrogens is 1850 g/mol. The van der Waals surface area contributed by atoms with Gasteiger partial charge in [0.2, 0.25) is 0 Å². The molecule has 0 saturated carbocycles. The van der Waals surface area contributed by atoms with Crippen LogP contribution in [0.5, 0.6) is 0 Å². The molecule has 0 aliphatic rings. The molecule has 5 N–H and O–H groups in total. The Bertz CT molecular complexity index is 7600. The Morgan fingerprint density at radius 1 is 0.293 bits per heavy atom. The molecule has 14 aromatic carbocycles. The third-order valence-electron chi connectivity index (χ3n) is 20.3. The van der Waals surface area contributed by atoms with Gasteiger partial charge in [-0.15, -0.1) is 11.3 Å². The van der Waals surface area contributed by atoms with Gasteiger partial charge in [0.25, 0.3) is 29.5 Å². The molecule has 20 rings (SSSR count). The van der Waals surface area contributed by atoms with Crippen molar-refractivity contribution in [2.75, 3.05) is 26.6 Å². The fraction of sp³-hybridized carbons (Fsp3) is 0.0300. The lowest BCUT2D eigenvalue weighted by atomic mass is 10.0. The summed E-state index contributed by atoms with van der Waals surface area (Å²) in [4.78, 5) is 86.5. The number of aryl methyl sites for hydroxylation is 3. The Labute approximate surface area is 785 Å². The van der Waals surface area contributed by atoms with E-state index in [1.54, 1.807) is 153 Å². The van der Waals surface area contributed by atoms with Gasteiger partial charge in [0.05, 0.1) is 52.5 Å². The van der Waals surface area contributed by atoms with Gasteiger partial charge < -0.3 is 48.7 Å². The number of carbonyl (C=O) groups is 5. The van der Waals surface area contributed by atoms with E-state index in [-0.39, 0.29) is 17.4 Å². The van der Waals surface area contributed by atoms with Crippen LogP contribution in [0.1, 0.15) is 68.6 Å². The summed E-state index contributed by atoms with van der Waals surface area (Å²) < 4.78 is 95.6. The first-order valence-corrected chi connectivity index (χ1v) is 42.9. The molecule has 0 radical (unpaired) electrons. The van der Waals surface area contributed by atoms with Crippen molar-refractivity contribution in [3.05, 3.63) is 395 Å². The number of amides is 5. The lowest BCUT2D eigenvalue weighted by Gasteiger charge is -2.09. The van der Waals surface area contributed by atoms with E-state index in [4.69, 9.17) is 91.7 Å². The van der Waals surface area contributed by atoms with Gasteiger partial charge in [-0.1, -0.05) is 167 Å². The molecule has 33 heteroatoms. The fourth-order valence-corrected chi connectivity index (χ4v) is 16.0. The Morgan fingerprint density at radius 2 is 0.579 bits per heavy atom. The summed E-state index contributed by atoms with van der Waals surface area (Å²) in [5.74, 6) is -5.74. The molecule has 0 fully saturated rings. The highest BCUT2D eigenvalue weighted by molar-refractivity contribution is 7.12. The first kappa shape index (κ1) is 91.1. The van der Waals surface area contributed by atoms with Crippen molar-refractivity contribution in [2.45, 2.75) is 20.8 Å². The van der Waals surface area contributed by atoms with E-state index in [0.29, 0.717) is 131 Å². The molecule has 20 aromatic rings. The molecule has 0 unspecified atom stereocenters. The molecule has 0 bridgehead atoms. The summed E-state index contributed by atoms with van der Waals surface area (Å²) in [6.07, 6.45) is 4.09. The van der Waals surface area contributed by atoms with Gasteiger partial charge in [-0.05, 0) is 205 Å². The van der Waals surface area contributed by atoms with Crippen LogP contribution in [0.2, 0.25) is 30.1 Å². The van der Waals surface area contributed by atoms with Crippen molar-refractivity contribution in [1.82, 2.24) is 29.9 Å². The number of anilines is 5. The smallest absolute Gasteiger partial charge is 0.267 e. The summed E-state index contributed by atoms with van der Waals surface area (Å²) in [6, 6.07) is 72.5. The van der Waals surface area contributed by atoms with Crippen LogP contribution < -0.4 is 26.6 Å². The zero-order chi connectivity index (χ0) is 93.3. The van der Waals surface area contributed by atoms with E-state index < -0.39 is 57.9 Å². The second kappa shape index (κ2) is 40.4. The topological polar surface area (TPSA) is 289 Å². The van der Waals surface area contributed by atoms with Gasteiger partial charge in [-0.2, -0.15) is 0 Å². The Hall–Kier alpha value is -15.2. The Balaban J connectivity index is 0.000000121. The number of thiazole rings is 1. The predicted molar refractivity (Wildman–Crippen MR) is 509 cm³/mol. The number of benzene rings is 14. The minimum atomic E-state index is -0.920. The minimum Gasteiger partial charge on any atom is -0.443 e. The van der Waals surface area contributed by atoms with Crippen LogP contribution in [0.3, 0.4) is 0 Å². The lowest BCUT2D eigenvalue weighted by molar-refractivity contribution is 0.101.